The zero-order valence-electron chi connectivity index (χ0n) is 15.5. The van der Waals surface area contributed by atoms with Crippen LogP contribution in [0.2, 0.25) is 0 Å². The van der Waals surface area contributed by atoms with Crippen LogP contribution in [0.1, 0.15) is 44.3 Å². The van der Waals surface area contributed by atoms with Crippen LogP contribution in [-0.4, -0.2) is 30.1 Å². The molecule has 25 heavy (non-hydrogen) atoms. The van der Waals surface area contributed by atoms with Crippen LogP contribution in [0.15, 0.2) is 40.7 Å². The number of guanidine groups is 1. The molecule has 0 saturated heterocycles. The highest BCUT2D eigenvalue weighted by Crippen LogP contribution is 2.18. The van der Waals surface area contributed by atoms with Crippen LogP contribution in [0, 0.1) is 0 Å². The highest BCUT2D eigenvalue weighted by Gasteiger charge is 2.07. The molecule has 0 fully saturated rings. The Balaban J connectivity index is 1.86. The Bertz CT molecular complexity index is 654. The molecule has 5 nitrogen and oxygen atoms in total. The number of nitrogens with one attached hydrogen (secondary N) is 2. The van der Waals surface area contributed by atoms with E-state index >= 15 is 0 Å². The fourth-order valence-electron chi connectivity index (χ4n) is 2.16. The van der Waals surface area contributed by atoms with Gasteiger partial charge in [-0.1, -0.05) is 32.0 Å². The second-order valence-corrected chi connectivity index (χ2v) is 7.08. The van der Waals surface area contributed by atoms with Gasteiger partial charge in [0, 0.05) is 11.9 Å². The normalized spacial score (nSPS) is 12.9. The first-order valence-corrected chi connectivity index (χ1v) is 9.64. The van der Waals surface area contributed by atoms with Gasteiger partial charge in [-0.2, -0.15) is 0 Å². The average Bonchev–Trinajstić information content (AvgIpc) is 3.07. The Kier molecular flexibility index (Phi) is 7.73. The van der Waals surface area contributed by atoms with Gasteiger partial charge in [0.25, 0.3) is 0 Å². The zero-order valence-corrected chi connectivity index (χ0v) is 16.3. The Morgan fingerprint density at radius 3 is 2.60 bits per heavy atom. The first-order valence-electron chi connectivity index (χ1n) is 8.76. The zero-order chi connectivity index (χ0) is 18.1. The van der Waals surface area contributed by atoms with Gasteiger partial charge in [-0.3, -0.25) is 0 Å². The summed E-state index contributed by atoms with van der Waals surface area (Å²) in [5.74, 6) is 2.12. The second kappa shape index (κ2) is 10.0. The summed E-state index contributed by atoms with van der Waals surface area (Å²) in [6.45, 7) is 10.5. The van der Waals surface area contributed by atoms with Crippen molar-refractivity contribution in [2.45, 2.75) is 46.3 Å². The van der Waals surface area contributed by atoms with Crippen molar-refractivity contribution < 1.29 is 4.74 Å². The minimum atomic E-state index is 0.0404. The van der Waals surface area contributed by atoms with Gasteiger partial charge in [0.05, 0.1) is 18.8 Å². The summed E-state index contributed by atoms with van der Waals surface area (Å²) in [6, 6.07) is 9.85. The lowest BCUT2D eigenvalue weighted by Crippen LogP contribution is -2.41. The molecule has 1 aromatic heterocycles. The number of nitrogens with zero attached hydrogens (tertiary/aromatic N) is 2. The fourth-order valence-corrected chi connectivity index (χ4v) is 3.04. The Labute approximate surface area is 154 Å². The summed E-state index contributed by atoms with van der Waals surface area (Å²) in [4.78, 5) is 9.25. The smallest absolute Gasteiger partial charge is 0.191 e. The summed E-state index contributed by atoms with van der Waals surface area (Å²) >= 11 is 1.67. The standard InChI is InChI=1S/C19H28N4OS/c1-5-20-19(22-12-18-23-17(13-25-18)14(2)3)21-11-15(4)24-16-9-7-6-8-10-16/h6-10,13-15H,5,11-12H2,1-4H3,(H2,20,21,22). The maximum Gasteiger partial charge on any atom is 0.191 e. The Morgan fingerprint density at radius 2 is 1.96 bits per heavy atom. The van der Waals surface area contributed by atoms with Gasteiger partial charge in [0.2, 0.25) is 0 Å². The molecule has 1 aromatic carbocycles. The molecule has 2 aromatic rings. The van der Waals surface area contributed by atoms with Crippen LogP contribution in [0.4, 0.5) is 0 Å². The molecule has 0 amide bonds. The highest BCUT2D eigenvalue weighted by molar-refractivity contribution is 7.09. The largest absolute Gasteiger partial charge is 0.489 e. The van der Waals surface area contributed by atoms with E-state index in [0.717, 1.165) is 29.0 Å². The molecule has 0 spiro atoms. The molecular formula is C19H28N4OS. The molecule has 1 atom stereocenters. The van der Waals surface area contributed by atoms with E-state index in [1.165, 1.54) is 0 Å². The van der Waals surface area contributed by atoms with Crippen molar-refractivity contribution >= 4 is 17.3 Å². The number of ether oxygens (including phenoxy) is 1. The van der Waals surface area contributed by atoms with Gasteiger partial charge in [-0.05, 0) is 31.9 Å². The summed E-state index contributed by atoms with van der Waals surface area (Å²) in [5, 5.41) is 9.75. The number of aliphatic imine (C=N–C) groups is 1. The average molecular weight is 361 g/mol. The van der Waals surface area contributed by atoms with Crippen LogP contribution < -0.4 is 15.4 Å². The van der Waals surface area contributed by atoms with E-state index in [1.807, 2.05) is 37.3 Å². The molecule has 0 bridgehead atoms. The van der Waals surface area contributed by atoms with Crippen molar-refractivity contribution in [3.8, 4) is 5.75 Å². The highest BCUT2D eigenvalue weighted by atomic mass is 32.1. The molecule has 0 aliphatic rings. The van der Waals surface area contributed by atoms with Crippen LogP contribution in [0.5, 0.6) is 5.75 Å². The molecule has 2 N–H and O–H groups in total. The van der Waals surface area contributed by atoms with E-state index in [4.69, 9.17) is 4.74 Å². The fraction of sp³-hybridized carbons (Fsp3) is 0.474. The third-order valence-electron chi connectivity index (χ3n) is 3.52. The summed E-state index contributed by atoms with van der Waals surface area (Å²) < 4.78 is 5.88. The maximum atomic E-state index is 5.88. The molecule has 0 radical (unpaired) electrons. The lowest BCUT2D eigenvalue weighted by molar-refractivity contribution is 0.224. The first-order chi connectivity index (χ1) is 12.1. The van der Waals surface area contributed by atoms with Gasteiger partial charge >= 0.3 is 0 Å². The lowest BCUT2D eigenvalue weighted by Gasteiger charge is -2.17. The molecule has 0 saturated carbocycles. The minimum Gasteiger partial charge on any atom is -0.489 e. The van der Waals surface area contributed by atoms with Crippen LogP contribution in [0.25, 0.3) is 0 Å². The second-order valence-electron chi connectivity index (χ2n) is 6.14. The van der Waals surface area contributed by atoms with Gasteiger partial charge in [-0.15, -0.1) is 11.3 Å². The van der Waals surface area contributed by atoms with E-state index in [0.29, 0.717) is 19.0 Å². The monoisotopic (exact) mass is 360 g/mol. The summed E-state index contributed by atoms with van der Waals surface area (Å²) in [5.41, 5.74) is 1.14. The van der Waals surface area contributed by atoms with Gasteiger partial charge in [0.15, 0.2) is 5.96 Å². The van der Waals surface area contributed by atoms with Crippen LogP contribution in [0.3, 0.4) is 0 Å². The predicted molar refractivity (Wildman–Crippen MR) is 106 cm³/mol. The van der Waals surface area contributed by atoms with Crippen molar-refractivity contribution in [2.75, 3.05) is 13.1 Å². The molecule has 2 rings (SSSR count). The SMILES string of the molecule is CCNC(=NCc1nc(C(C)C)cs1)NCC(C)Oc1ccccc1. The lowest BCUT2D eigenvalue weighted by atomic mass is 10.2. The molecule has 1 heterocycles. The van der Waals surface area contributed by atoms with E-state index in [1.54, 1.807) is 11.3 Å². The van der Waals surface area contributed by atoms with E-state index < -0.39 is 0 Å². The van der Waals surface area contributed by atoms with Crippen molar-refractivity contribution in [2.24, 2.45) is 4.99 Å². The molecular weight excluding hydrogens is 332 g/mol. The first kappa shape index (κ1) is 19.2. The van der Waals surface area contributed by atoms with Crippen molar-refractivity contribution in [3.63, 3.8) is 0 Å². The van der Waals surface area contributed by atoms with Crippen molar-refractivity contribution in [1.29, 1.82) is 0 Å². The number of benzene rings is 1. The van der Waals surface area contributed by atoms with Gasteiger partial charge in [-0.25, -0.2) is 9.98 Å². The van der Waals surface area contributed by atoms with E-state index in [9.17, 15) is 0 Å². The van der Waals surface area contributed by atoms with Crippen LogP contribution in [-0.2, 0) is 6.54 Å². The number of aromatic nitrogens is 1. The molecule has 0 aliphatic heterocycles. The topological polar surface area (TPSA) is 58.5 Å². The van der Waals surface area contributed by atoms with Crippen LogP contribution >= 0.6 is 11.3 Å². The van der Waals surface area contributed by atoms with Gasteiger partial charge < -0.3 is 15.4 Å². The molecule has 6 heteroatoms. The Hall–Kier alpha value is -2.08. The Morgan fingerprint density at radius 1 is 1.20 bits per heavy atom. The number of para-hydroxylation sites is 1. The molecule has 136 valence electrons. The summed E-state index contributed by atoms with van der Waals surface area (Å²) in [7, 11) is 0. The van der Waals surface area contributed by atoms with Crippen molar-refractivity contribution in [3.05, 3.63) is 46.4 Å². The van der Waals surface area contributed by atoms with Crippen molar-refractivity contribution in [1.82, 2.24) is 15.6 Å². The number of rotatable bonds is 8. The number of hydrogen-bond acceptors (Lipinski definition) is 4. The summed E-state index contributed by atoms with van der Waals surface area (Å²) in [6.07, 6.45) is 0.0404. The number of hydrogen-bond donors (Lipinski definition) is 2. The number of thiazole rings is 1. The third kappa shape index (κ3) is 6.74. The van der Waals surface area contributed by atoms with E-state index in [2.05, 4.69) is 46.8 Å². The van der Waals surface area contributed by atoms with Gasteiger partial charge in [0.1, 0.15) is 16.9 Å². The quantitative estimate of drug-likeness (QED) is 0.555. The minimum absolute atomic E-state index is 0.0404. The maximum absolute atomic E-state index is 5.88. The molecule has 1 unspecified atom stereocenters. The predicted octanol–water partition coefficient (Wildman–Crippen LogP) is 3.79. The van der Waals surface area contributed by atoms with E-state index in [-0.39, 0.29) is 6.10 Å². The third-order valence-corrected chi connectivity index (χ3v) is 4.37. The molecule has 0 aliphatic carbocycles.